The quantitative estimate of drug-likeness (QED) is 0.273. The van der Waals surface area contributed by atoms with Gasteiger partial charge in [-0.3, -0.25) is 4.99 Å². The van der Waals surface area contributed by atoms with Crippen molar-refractivity contribution in [2.45, 2.75) is 31.7 Å². The summed E-state index contributed by atoms with van der Waals surface area (Å²) in [6.45, 7) is 1.45. The number of phenols is 2. The molecule has 8 nitrogen and oxygen atoms in total. The zero-order valence-corrected chi connectivity index (χ0v) is 23.6. The zero-order valence-electron chi connectivity index (χ0n) is 23.6. The van der Waals surface area contributed by atoms with Crippen LogP contribution in [-0.2, 0) is 25.7 Å². The minimum absolute atomic E-state index is 0.0116. The summed E-state index contributed by atoms with van der Waals surface area (Å²) in [5, 5.41) is 25.6. The molecule has 0 radical (unpaired) electrons. The van der Waals surface area contributed by atoms with Gasteiger partial charge in [-0.1, -0.05) is 18.2 Å². The van der Waals surface area contributed by atoms with Crippen LogP contribution in [0.1, 0.15) is 39.4 Å². The summed E-state index contributed by atoms with van der Waals surface area (Å²) in [5.74, 6) is 2.81. The van der Waals surface area contributed by atoms with Crippen LogP contribution in [0, 0.1) is 0 Å². The van der Waals surface area contributed by atoms with Gasteiger partial charge in [0.2, 0.25) is 5.75 Å². The molecule has 0 aliphatic carbocycles. The molecule has 4 aliphatic rings. The predicted octanol–water partition coefficient (Wildman–Crippen LogP) is 6.03. The molecule has 0 saturated heterocycles. The topological polar surface area (TPSA) is 102 Å². The molecular formula is C34H32N2O6. The molecule has 8 heteroatoms. The Labute approximate surface area is 244 Å². The molecule has 8 rings (SSSR count). The van der Waals surface area contributed by atoms with Gasteiger partial charge < -0.3 is 34.5 Å². The number of nitrogens with one attached hydrogen (secondary N) is 1. The van der Waals surface area contributed by atoms with E-state index in [1.54, 1.807) is 20.3 Å². The van der Waals surface area contributed by atoms with E-state index in [9.17, 15) is 10.2 Å². The maximum atomic E-state index is 11.4. The van der Waals surface area contributed by atoms with Gasteiger partial charge in [0.1, 0.15) is 5.75 Å². The van der Waals surface area contributed by atoms with Gasteiger partial charge >= 0.3 is 0 Å². The van der Waals surface area contributed by atoms with E-state index < -0.39 is 0 Å². The highest BCUT2D eigenvalue weighted by Gasteiger charge is 2.29. The number of hydrogen-bond donors (Lipinski definition) is 3. The highest BCUT2D eigenvalue weighted by Crippen LogP contribution is 2.48. The van der Waals surface area contributed by atoms with Gasteiger partial charge in [0.15, 0.2) is 34.5 Å². The van der Waals surface area contributed by atoms with Crippen molar-refractivity contribution in [1.29, 1.82) is 0 Å². The van der Waals surface area contributed by atoms with Crippen molar-refractivity contribution in [3.63, 3.8) is 0 Å². The van der Waals surface area contributed by atoms with Gasteiger partial charge in [-0.2, -0.15) is 0 Å². The Bertz CT molecular complexity index is 1710. The Morgan fingerprint density at radius 3 is 2.43 bits per heavy atom. The first kappa shape index (κ1) is 26.2. The third-order valence-corrected chi connectivity index (χ3v) is 8.28. The predicted molar refractivity (Wildman–Crippen MR) is 159 cm³/mol. The van der Waals surface area contributed by atoms with Crippen LogP contribution in [0.4, 0.5) is 0 Å². The Hall–Kier alpha value is -4.69. The summed E-state index contributed by atoms with van der Waals surface area (Å²) in [7, 11) is 3.17. The van der Waals surface area contributed by atoms with Gasteiger partial charge in [0.05, 0.1) is 19.9 Å². The summed E-state index contributed by atoms with van der Waals surface area (Å²) in [6.07, 6.45) is 2.75. The maximum absolute atomic E-state index is 11.4. The van der Waals surface area contributed by atoms with E-state index in [-0.39, 0.29) is 17.5 Å². The normalized spacial score (nSPS) is 17.1. The molecule has 0 aromatic heterocycles. The second-order valence-electron chi connectivity index (χ2n) is 10.9. The second-order valence-corrected chi connectivity index (χ2v) is 10.9. The second kappa shape index (κ2) is 10.6. The van der Waals surface area contributed by atoms with E-state index >= 15 is 0 Å². The fraction of sp³-hybridized carbons (Fsp3) is 0.265. The van der Waals surface area contributed by atoms with Crippen LogP contribution in [0.25, 0.3) is 0 Å². The monoisotopic (exact) mass is 564 g/mol. The molecule has 1 atom stereocenters. The number of aromatic hydroxyl groups is 2. The number of methoxy groups -OCH3 is 2. The number of fused-ring (bicyclic) bond motifs is 2. The first-order chi connectivity index (χ1) is 20.5. The minimum Gasteiger partial charge on any atom is -0.504 e. The van der Waals surface area contributed by atoms with Gasteiger partial charge in [-0.15, -0.1) is 0 Å². The van der Waals surface area contributed by atoms with Crippen LogP contribution in [0.2, 0.25) is 0 Å². The molecule has 3 N–H and O–H groups in total. The standard InChI is InChI=1S/C34H32N2O6/c1-39-29-16-21-9-11-35-25-14-20-5-8-27(37)28(15-20)41-23-6-3-19(4-7-23)13-26-32-22(10-12-36-26)17-31(40-2)33(38)34(32)42-30(29)18-24(21)25/h3-8,15-18,25,35,37-38H,9-14H2,1-2H3. The summed E-state index contributed by atoms with van der Waals surface area (Å²) >= 11 is 0. The first-order valence-corrected chi connectivity index (χ1v) is 14.2. The third-order valence-electron chi connectivity index (χ3n) is 8.28. The van der Waals surface area contributed by atoms with Crippen molar-refractivity contribution >= 4 is 5.71 Å². The number of phenolic OH excluding ortho intramolecular Hbond substituents is 2. The SMILES string of the molecule is COc1cc2c3cc1Oc1c(O)c(OC)cc4c1C(=NCC4)Cc1ccc(cc1)Oc1cc(ccc1O)CC3NCC2. The molecule has 1 unspecified atom stereocenters. The molecule has 4 heterocycles. The van der Waals surface area contributed by atoms with Crippen molar-refractivity contribution in [3.05, 3.63) is 94.0 Å². The third kappa shape index (κ3) is 4.67. The lowest BCUT2D eigenvalue weighted by molar-refractivity contribution is 0.342. The molecule has 214 valence electrons. The van der Waals surface area contributed by atoms with E-state index in [0.29, 0.717) is 60.3 Å². The molecule has 4 aromatic carbocycles. The largest absolute Gasteiger partial charge is 0.504 e. The summed E-state index contributed by atoms with van der Waals surface area (Å²) in [5.41, 5.74) is 6.90. The maximum Gasteiger partial charge on any atom is 0.202 e. The molecule has 0 saturated carbocycles. The minimum atomic E-state index is -0.0740. The molecule has 0 amide bonds. The van der Waals surface area contributed by atoms with Gasteiger partial charge in [0, 0.05) is 24.6 Å². The fourth-order valence-corrected chi connectivity index (χ4v) is 6.16. The molecule has 0 spiro atoms. The van der Waals surface area contributed by atoms with Crippen LogP contribution < -0.4 is 24.3 Å². The number of aliphatic imine (C=N–C) groups is 1. The average Bonchev–Trinajstić information content (AvgIpc) is 3.00. The van der Waals surface area contributed by atoms with E-state index in [0.717, 1.165) is 46.5 Å². The van der Waals surface area contributed by atoms with Crippen molar-refractivity contribution in [2.24, 2.45) is 4.99 Å². The fourth-order valence-electron chi connectivity index (χ4n) is 6.16. The Balaban J connectivity index is 1.43. The zero-order chi connectivity index (χ0) is 28.8. The number of benzene rings is 4. The van der Waals surface area contributed by atoms with Crippen LogP contribution in [-0.4, -0.2) is 43.2 Å². The smallest absolute Gasteiger partial charge is 0.202 e. The highest BCUT2D eigenvalue weighted by atomic mass is 16.5. The summed E-state index contributed by atoms with van der Waals surface area (Å²) in [4.78, 5) is 4.88. The number of rotatable bonds is 2. The summed E-state index contributed by atoms with van der Waals surface area (Å²) < 4.78 is 24.1. The first-order valence-electron chi connectivity index (χ1n) is 14.2. The van der Waals surface area contributed by atoms with E-state index in [1.807, 2.05) is 54.6 Å². The van der Waals surface area contributed by atoms with Crippen molar-refractivity contribution in [1.82, 2.24) is 5.32 Å². The highest BCUT2D eigenvalue weighted by molar-refractivity contribution is 6.07. The number of nitrogens with zero attached hydrogens (tertiary/aromatic N) is 1. The van der Waals surface area contributed by atoms with E-state index in [1.165, 1.54) is 5.56 Å². The number of ether oxygens (including phenoxy) is 4. The molecular weight excluding hydrogens is 532 g/mol. The summed E-state index contributed by atoms with van der Waals surface area (Å²) in [6, 6.07) is 19.1. The van der Waals surface area contributed by atoms with E-state index in [2.05, 4.69) is 5.32 Å². The van der Waals surface area contributed by atoms with Crippen LogP contribution in [0.15, 0.2) is 65.7 Å². The van der Waals surface area contributed by atoms with Crippen molar-refractivity contribution in [3.8, 4) is 46.0 Å². The van der Waals surface area contributed by atoms with Crippen molar-refractivity contribution < 1.29 is 29.2 Å². The molecule has 4 aromatic rings. The van der Waals surface area contributed by atoms with Gasteiger partial charge in [-0.05, 0) is 96.1 Å². The molecule has 6 bridgehead atoms. The van der Waals surface area contributed by atoms with Gasteiger partial charge in [-0.25, -0.2) is 0 Å². The number of hydrogen-bond acceptors (Lipinski definition) is 8. The van der Waals surface area contributed by atoms with E-state index in [4.69, 9.17) is 23.9 Å². The average molecular weight is 565 g/mol. The lowest BCUT2D eigenvalue weighted by Gasteiger charge is -2.29. The Morgan fingerprint density at radius 1 is 0.833 bits per heavy atom. The Morgan fingerprint density at radius 2 is 1.62 bits per heavy atom. The lowest BCUT2D eigenvalue weighted by atomic mass is 9.89. The van der Waals surface area contributed by atoms with Crippen molar-refractivity contribution in [2.75, 3.05) is 27.3 Å². The Kier molecular flexibility index (Phi) is 6.63. The molecule has 4 aliphatic heterocycles. The van der Waals surface area contributed by atoms with Crippen LogP contribution >= 0.6 is 0 Å². The van der Waals surface area contributed by atoms with Gasteiger partial charge in [0.25, 0.3) is 0 Å². The lowest BCUT2D eigenvalue weighted by Crippen LogP contribution is -2.31. The molecule has 42 heavy (non-hydrogen) atoms. The molecule has 0 fully saturated rings. The van der Waals surface area contributed by atoms with Crippen LogP contribution in [0.3, 0.4) is 0 Å². The van der Waals surface area contributed by atoms with Crippen LogP contribution in [0.5, 0.6) is 46.0 Å².